The number of aromatic hydroxyl groups is 1. The zero-order chi connectivity index (χ0) is 11.7. The molecule has 0 bridgehead atoms. The van der Waals surface area contributed by atoms with E-state index in [0.29, 0.717) is 16.3 Å². The standard InChI is InChI=1S/C11H8ClNO3/c12-6-7-5-10(13(15)16)8-3-1-2-4-9(8)11(7)14/h1-5,14H,6H2. The number of nitrogens with zero attached hydrogens (tertiary/aromatic N) is 1. The molecule has 2 rings (SSSR count). The minimum absolute atomic E-state index is 0.0104. The number of hydrogen-bond donors (Lipinski definition) is 1. The maximum absolute atomic E-state index is 10.9. The van der Waals surface area contributed by atoms with Gasteiger partial charge in [0, 0.05) is 17.0 Å². The van der Waals surface area contributed by atoms with Crippen LogP contribution in [0.15, 0.2) is 30.3 Å². The summed E-state index contributed by atoms with van der Waals surface area (Å²) in [6.45, 7) is 0. The van der Waals surface area contributed by atoms with Crippen molar-refractivity contribution in [3.63, 3.8) is 0 Å². The summed E-state index contributed by atoms with van der Waals surface area (Å²) in [6, 6.07) is 7.95. The fourth-order valence-electron chi connectivity index (χ4n) is 1.65. The van der Waals surface area contributed by atoms with Crippen molar-refractivity contribution in [3.8, 4) is 5.75 Å². The van der Waals surface area contributed by atoms with Gasteiger partial charge in [0.1, 0.15) is 5.75 Å². The van der Waals surface area contributed by atoms with Gasteiger partial charge in [-0.1, -0.05) is 18.2 Å². The van der Waals surface area contributed by atoms with Gasteiger partial charge in [0.15, 0.2) is 0 Å². The molecule has 0 aliphatic heterocycles. The summed E-state index contributed by atoms with van der Waals surface area (Å²) < 4.78 is 0. The van der Waals surface area contributed by atoms with E-state index in [1.807, 2.05) is 0 Å². The Kier molecular flexibility index (Phi) is 2.66. The number of rotatable bonds is 2. The normalized spacial score (nSPS) is 10.6. The molecule has 0 aliphatic rings. The van der Waals surface area contributed by atoms with Gasteiger partial charge in [0.25, 0.3) is 5.69 Å². The first-order valence-electron chi connectivity index (χ1n) is 4.59. The van der Waals surface area contributed by atoms with Crippen LogP contribution in [0.2, 0.25) is 0 Å². The second kappa shape index (κ2) is 3.98. The first-order chi connectivity index (χ1) is 7.65. The second-order valence-electron chi connectivity index (χ2n) is 3.34. The predicted molar refractivity (Wildman–Crippen MR) is 61.8 cm³/mol. The van der Waals surface area contributed by atoms with Crippen LogP contribution in [0, 0.1) is 10.1 Å². The van der Waals surface area contributed by atoms with Crippen LogP contribution in [0.1, 0.15) is 5.56 Å². The third-order valence-electron chi connectivity index (χ3n) is 2.41. The van der Waals surface area contributed by atoms with E-state index in [0.717, 1.165) is 0 Å². The van der Waals surface area contributed by atoms with Gasteiger partial charge in [-0.2, -0.15) is 0 Å². The lowest BCUT2D eigenvalue weighted by Crippen LogP contribution is -1.92. The number of halogens is 1. The van der Waals surface area contributed by atoms with Crippen molar-refractivity contribution in [2.45, 2.75) is 5.88 Å². The highest BCUT2D eigenvalue weighted by molar-refractivity contribution is 6.17. The first-order valence-corrected chi connectivity index (χ1v) is 5.12. The maximum Gasteiger partial charge on any atom is 0.277 e. The number of phenols is 1. The maximum atomic E-state index is 10.9. The van der Waals surface area contributed by atoms with Crippen molar-refractivity contribution >= 4 is 28.1 Å². The largest absolute Gasteiger partial charge is 0.507 e. The van der Waals surface area contributed by atoms with E-state index in [1.54, 1.807) is 24.3 Å². The lowest BCUT2D eigenvalue weighted by atomic mass is 10.0. The minimum atomic E-state index is -0.474. The summed E-state index contributed by atoms with van der Waals surface area (Å²) in [6.07, 6.45) is 0. The number of non-ortho nitro benzene ring substituents is 1. The van der Waals surface area contributed by atoms with Gasteiger partial charge >= 0.3 is 0 Å². The van der Waals surface area contributed by atoms with Crippen LogP contribution < -0.4 is 0 Å². The number of hydrogen-bond acceptors (Lipinski definition) is 3. The summed E-state index contributed by atoms with van der Waals surface area (Å²) in [5.74, 6) is 0.0496. The zero-order valence-corrected chi connectivity index (χ0v) is 8.94. The Bertz CT molecular complexity index is 568. The van der Waals surface area contributed by atoms with Crippen LogP contribution in [0.3, 0.4) is 0 Å². The Hall–Kier alpha value is -1.81. The topological polar surface area (TPSA) is 63.4 Å². The number of benzene rings is 2. The average molecular weight is 238 g/mol. The van der Waals surface area contributed by atoms with Gasteiger partial charge in [-0.15, -0.1) is 11.6 Å². The molecular formula is C11H8ClNO3. The summed E-state index contributed by atoms with van der Waals surface area (Å²) in [4.78, 5) is 10.4. The molecule has 0 aromatic heterocycles. The van der Waals surface area contributed by atoms with Crippen molar-refractivity contribution in [1.82, 2.24) is 0 Å². The molecule has 0 aliphatic carbocycles. The van der Waals surface area contributed by atoms with E-state index >= 15 is 0 Å². The number of phenolic OH excluding ortho intramolecular Hbond substituents is 1. The van der Waals surface area contributed by atoms with Gasteiger partial charge in [-0.05, 0) is 6.07 Å². The molecule has 0 amide bonds. The quantitative estimate of drug-likeness (QED) is 0.496. The SMILES string of the molecule is O=[N+]([O-])c1cc(CCl)c(O)c2ccccc12. The third-order valence-corrected chi connectivity index (χ3v) is 2.70. The Morgan fingerprint density at radius 3 is 2.50 bits per heavy atom. The monoisotopic (exact) mass is 237 g/mol. The highest BCUT2D eigenvalue weighted by Crippen LogP contribution is 2.36. The molecule has 82 valence electrons. The molecule has 2 aromatic carbocycles. The molecule has 4 nitrogen and oxygen atoms in total. The van der Waals surface area contributed by atoms with Crippen LogP contribution in [0.5, 0.6) is 5.75 Å². The van der Waals surface area contributed by atoms with Gasteiger partial charge in [0.2, 0.25) is 0 Å². The molecule has 0 heterocycles. The van der Waals surface area contributed by atoms with E-state index in [2.05, 4.69) is 0 Å². The zero-order valence-electron chi connectivity index (χ0n) is 8.18. The third kappa shape index (κ3) is 1.57. The van der Waals surface area contributed by atoms with E-state index in [-0.39, 0.29) is 17.3 Å². The molecule has 0 unspecified atom stereocenters. The molecule has 2 aromatic rings. The van der Waals surface area contributed by atoms with E-state index in [4.69, 9.17) is 11.6 Å². The van der Waals surface area contributed by atoms with Crippen molar-refractivity contribution in [1.29, 1.82) is 0 Å². The van der Waals surface area contributed by atoms with E-state index < -0.39 is 4.92 Å². The Morgan fingerprint density at radius 2 is 1.94 bits per heavy atom. The Balaban J connectivity index is 2.90. The molecule has 0 saturated heterocycles. The Morgan fingerprint density at radius 1 is 1.31 bits per heavy atom. The average Bonchev–Trinajstić information content (AvgIpc) is 2.29. The van der Waals surface area contributed by atoms with Gasteiger partial charge in [0.05, 0.1) is 16.2 Å². The molecule has 0 fully saturated rings. The summed E-state index contributed by atoms with van der Waals surface area (Å²) >= 11 is 5.63. The van der Waals surface area contributed by atoms with Crippen molar-refractivity contribution in [3.05, 3.63) is 46.0 Å². The molecular weight excluding hydrogens is 230 g/mol. The van der Waals surface area contributed by atoms with Gasteiger partial charge in [-0.25, -0.2) is 0 Å². The van der Waals surface area contributed by atoms with Gasteiger partial charge < -0.3 is 5.11 Å². The molecule has 16 heavy (non-hydrogen) atoms. The lowest BCUT2D eigenvalue weighted by Gasteiger charge is -2.06. The molecule has 0 saturated carbocycles. The Labute approximate surface area is 96.2 Å². The van der Waals surface area contributed by atoms with Crippen LogP contribution in [0.4, 0.5) is 5.69 Å². The van der Waals surface area contributed by atoms with Crippen molar-refractivity contribution in [2.75, 3.05) is 0 Å². The smallest absolute Gasteiger partial charge is 0.277 e. The second-order valence-corrected chi connectivity index (χ2v) is 3.61. The van der Waals surface area contributed by atoms with Gasteiger partial charge in [-0.3, -0.25) is 10.1 Å². The number of alkyl halides is 1. The molecule has 5 heteroatoms. The van der Waals surface area contributed by atoms with E-state index in [1.165, 1.54) is 6.07 Å². The van der Waals surface area contributed by atoms with Crippen LogP contribution in [0.25, 0.3) is 10.8 Å². The summed E-state index contributed by atoms with van der Waals surface area (Å²) in [5, 5.41) is 21.6. The fraction of sp³-hybridized carbons (Fsp3) is 0.0909. The highest BCUT2D eigenvalue weighted by Gasteiger charge is 2.17. The number of nitro groups is 1. The number of nitro benzene ring substituents is 1. The predicted octanol–water partition coefficient (Wildman–Crippen LogP) is 3.19. The van der Waals surface area contributed by atoms with Crippen molar-refractivity contribution < 1.29 is 10.0 Å². The van der Waals surface area contributed by atoms with E-state index in [9.17, 15) is 15.2 Å². The highest BCUT2D eigenvalue weighted by atomic mass is 35.5. The summed E-state index contributed by atoms with van der Waals surface area (Å²) in [5.41, 5.74) is 0.330. The minimum Gasteiger partial charge on any atom is -0.507 e. The lowest BCUT2D eigenvalue weighted by molar-refractivity contribution is -0.383. The van der Waals surface area contributed by atoms with Crippen LogP contribution >= 0.6 is 11.6 Å². The van der Waals surface area contributed by atoms with Crippen molar-refractivity contribution in [2.24, 2.45) is 0 Å². The molecule has 1 N–H and O–H groups in total. The molecule has 0 spiro atoms. The fourth-order valence-corrected chi connectivity index (χ4v) is 1.85. The number of fused-ring (bicyclic) bond motifs is 1. The van der Waals surface area contributed by atoms with Crippen LogP contribution in [-0.2, 0) is 5.88 Å². The summed E-state index contributed by atoms with van der Waals surface area (Å²) in [7, 11) is 0. The molecule has 0 atom stereocenters. The van der Waals surface area contributed by atoms with Crippen LogP contribution in [-0.4, -0.2) is 10.0 Å². The molecule has 0 radical (unpaired) electrons. The first kappa shape index (κ1) is 10.7.